The Balaban J connectivity index is 2.88. The lowest BCUT2D eigenvalue weighted by atomic mass is 10.2. The molecule has 1 aromatic rings. The van der Waals surface area contributed by atoms with Gasteiger partial charge < -0.3 is 18.9 Å². The quantitative estimate of drug-likeness (QED) is 0.185. The molecule has 0 unspecified atom stereocenters. The molecule has 0 heterocycles. The zero-order chi connectivity index (χ0) is 17.1. The number of halogens is 1. The smallest absolute Gasteiger partial charge is 0.373 e. The van der Waals surface area contributed by atoms with Crippen molar-refractivity contribution in [2.24, 2.45) is 0 Å². The SMILES string of the molecule is CCOCCOc1cc(/C=C(\OCC)C(=O)OCC)ccc1I. The first kappa shape index (κ1) is 19.8. The molecule has 1 rings (SSSR count). The van der Waals surface area contributed by atoms with Gasteiger partial charge in [-0.05, 0) is 67.1 Å². The summed E-state index contributed by atoms with van der Waals surface area (Å²) in [6, 6.07) is 5.69. The summed E-state index contributed by atoms with van der Waals surface area (Å²) in [5.41, 5.74) is 0.813. The average molecular weight is 434 g/mol. The van der Waals surface area contributed by atoms with Gasteiger partial charge in [0.15, 0.2) is 0 Å². The molecule has 23 heavy (non-hydrogen) atoms. The van der Waals surface area contributed by atoms with Crippen LogP contribution in [0.15, 0.2) is 24.0 Å². The number of ether oxygens (including phenoxy) is 4. The van der Waals surface area contributed by atoms with Gasteiger partial charge in [-0.3, -0.25) is 0 Å². The molecule has 1 aromatic carbocycles. The highest BCUT2D eigenvalue weighted by molar-refractivity contribution is 14.1. The van der Waals surface area contributed by atoms with Gasteiger partial charge in [0, 0.05) is 6.61 Å². The second-order valence-corrected chi connectivity index (χ2v) is 5.56. The number of benzene rings is 1. The van der Waals surface area contributed by atoms with Gasteiger partial charge in [0.05, 0.1) is 23.4 Å². The first-order valence-corrected chi connectivity index (χ1v) is 8.71. The van der Waals surface area contributed by atoms with Crippen LogP contribution in [0.4, 0.5) is 0 Å². The van der Waals surface area contributed by atoms with Gasteiger partial charge in [0.2, 0.25) is 5.76 Å². The summed E-state index contributed by atoms with van der Waals surface area (Å²) in [6.45, 7) is 7.92. The van der Waals surface area contributed by atoms with E-state index in [0.717, 1.165) is 14.9 Å². The van der Waals surface area contributed by atoms with Crippen LogP contribution in [0.5, 0.6) is 5.75 Å². The minimum absolute atomic E-state index is 0.191. The third-order valence-electron chi connectivity index (χ3n) is 2.72. The van der Waals surface area contributed by atoms with Crippen LogP contribution in [0.1, 0.15) is 26.3 Å². The van der Waals surface area contributed by atoms with Gasteiger partial charge >= 0.3 is 5.97 Å². The fraction of sp³-hybridized carbons (Fsp3) is 0.471. The molecule has 0 N–H and O–H groups in total. The Bertz CT molecular complexity index is 528. The Morgan fingerprint density at radius 2 is 1.83 bits per heavy atom. The van der Waals surface area contributed by atoms with E-state index in [0.29, 0.717) is 33.0 Å². The third-order valence-corrected chi connectivity index (χ3v) is 3.61. The molecular formula is C17H23IO5. The first-order valence-electron chi connectivity index (χ1n) is 7.64. The molecule has 0 atom stereocenters. The standard InChI is InChI=1S/C17H23IO5/c1-4-20-9-10-23-15-11-13(7-8-14(15)18)12-16(21-5-2)17(19)22-6-3/h7-8,11-12H,4-6,9-10H2,1-3H3/b16-12-. The Morgan fingerprint density at radius 3 is 2.48 bits per heavy atom. The molecular weight excluding hydrogens is 411 g/mol. The summed E-state index contributed by atoms with van der Waals surface area (Å²) in [4.78, 5) is 11.9. The van der Waals surface area contributed by atoms with Crippen LogP contribution < -0.4 is 4.74 Å². The van der Waals surface area contributed by atoms with E-state index in [1.54, 1.807) is 13.0 Å². The number of hydrogen-bond donors (Lipinski definition) is 0. The second-order valence-electron chi connectivity index (χ2n) is 4.40. The molecule has 0 aromatic heterocycles. The Labute approximate surface area is 151 Å². The van der Waals surface area contributed by atoms with E-state index in [9.17, 15) is 4.79 Å². The zero-order valence-electron chi connectivity index (χ0n) is 13.8. The van der Waals surface area contributed by atoms with E-state index in [2.05, 4.69) is 22.6 Å². The van der Waals surface area contributed by atoms with Crippen LogP contribution in [-0.2, 0) is 19.0 Å². The molecule has 0 spiro atoms. The first-order chi connectivity index (χ1) is 11.1. The van der Waals surface area contributed by atoms with E-state index in [1.165, 1.54) is 0 Å². The highest BCUT2D eigenvalue weighted by Crippen LogP contribution is 2.24. The highest BCUT2D eigenvalue weighted by Gasteiger charge is 2.12. The number of rotatable bonds is 10. The minimum atomic E-state index is -0.466. The monoisotopic (exact) mass is 434 g/mol. The Kier molecular flexibility index (Phi) is 9.70. The summed E-state index contributed by atoms with van der Waals surface area (Å²) in [5, 5.41) is 0. The molecule has 0 saturated carbocycles. The maximum Gasteiger partial charge on any atom is 0.373 e. The fourth-order valence-electron chi connectivity index (χ4n) is 1.74. The lowest BCUT2D eigenvalue weighted by molar-refractivity contribution is -0.142. The summed E-state index contributed by atoms with van der Waals surface area (Å²) in [6.07, 6.45) is 1.66. The van der Waals surface area contributed by atoms with E-state index < -0.39 is 5.97 Å². The van der Waals surface area contributed by atoms with Crippen molar-refractivity contribution in [3.8, 4) is 5.75 Å². The van der Waals surface area contributed by atoms with Crippen molar-refractivity contribution in [2.45, 2.75) is 20.8 Å². The molecule has 5 nitrogen and oxygen atoms in total. The summed E-state index contributed by atoms with van der Waals surface area (Å²) in [5.74, 6) is 0.473. The average Bonchev–Trinajstić information content (AvgIpc) is 2.54. The molecule has 0 saturated heterocycles. The third kappa shape index (κ3) is 7.22. The molecule has 0 radical (unpaired) electrons. The Morgan fingerprint density at radius 1 is 1.09 bits per heavy atom. The maximum absolute atomic E-state index is 11.9. The molecule has 0 fully saturated rings. The minimum Gasteiger partial charge on any atom is -0.490 e. The molecule has 0 aliphatic carbocycles. The van der Waals surface area contributed by atoms with Gasteiger partial charge in [0.1, 0.15) is 12.4 Å². The Hall–Kier alpha value is -1.28. The maximum atomic E-state index is 11.9. The molecule has 0 bridgehead atoms. The predicted molar refractivity (Wildman–Crippen MR) is 97.4 cm³/mol. The topological polar surface area (TPSA) is 54.0 Å². The predicted octanol–water partition coefficient (Wildman–Crippen LogP) is 3.65. The van der Waals surface area contributed by atoms with Crippen molar-refractivity contribution in [1.82, 2.24) is 0 Å². The van der Waals surface area contributed by atoms with Crippen molar-refractivity contribution >= 4 is 34.6 Å². The number of esters is 1. The summed E-state index contributed by atoms with van der Waals surface area (Å²) < 4.78 is 22.3. The van der Waals surface area contributed by atoms with Crippen LogP contribution in [0, 0.1) is 3.57 Å². The highest BCUT2D eigenvalue weighted by atomic mass is 127. The van der Waals surface area contributed by atoms with Gasteiger partial charge in [-0.15, -0.1) is 0 Å². The van der Waals surface area contributed by atoms with Crippen molar-refractivity contribution < 1.29 is 23.7 Å². The van der Waals surface area contributed by atoms with Crippen LogP contribution in [0.3, 0.4) is 0 Å². The van der Waals surface area contributed by atoms with E-state index in [-0.39, 0.29) is 5.76 Å². The van der Waals surface area contributed by atoms with Gasteiger partial charge in [-0.2, -0.15) is 0 Å². The van der Waals surface area contributed by atoms with Crippen LogP contribution in [-0.4, -0.2) is 39.0 Å². The van der Waals surface area contributed by atoms with E-state index in [1.807, 2.05) is 32.0 Å². The zero-order valence-corrected chi connectivity index (χ0v) is 15.9. The molecule has 0 amide bonds. The van der Waals surface area contributed by atoms with E-state index in [4.69, 9.17) is 18.9 Å². The van der Waals surface area contributed by atoms with Crippen LogP contribution in [0.25, 0.3) is 6.08 Å². The fourth-order valence-corrected chi connectivity index (χ4v) is 2.24. The number of carbonyl (C=O) groups excluding carboxylic acids is 1. The van der Waals surface area contributed by atoms with Crippen molar-refractivity contribution in [1.29, 1.82) is 0 Å². The largest absolute Gasteiger partial charge is 0.490 e. The van der Waals surface area contributed by atoms with Crippen LogP contribution in [0.2, 0.25) is 0 Å². The number of carbonyl (C=O) groups is 1. The van der Waals surface area contributed by atoms with Gasteiger partial charge in [0.25, 0.3) is 0 Å². The normalized spacial score (nSPS) is 11.2. The van der Waals surface area contributed by atoms with Gasteiger partial charge in [-0.25, -0.2) is 4.79 Å². The van der Waals surface area contributed by atoms with E-state index >= 15 is 0 Å². The van der Waals surface area contributed by atoms with Crippen LogP contribution >= 0.6 is 22.6 Å². The lowest BCUT2D eigenvalue weighted by Gasteiger charge is -2.10. The molecule has 128 valence electrons. The summed E-state index contributed by atoms with van der Waals surface area (Å²) >= 11 is 2.21. The number of hydrogen-bond acceptors (Lipinski definition) is 5. The summed E-state index contributed by atoms with van der Waals surface area (Å²) in [7, 11) is 0. The van der Waals surface area contributed by atoms with Crippen molar-refractivity contribution in [3.63, 3.8) is 0 Å². The van der Waals surface area contributed by atoms with Crippen molar-refractivity contribution in [2.75, 3.05) is 33.0 Å². The molecule has 0 aliphatic rings. The molecule has 6 heteroatoms. The van der Waals surface area contributed by atoms with Gasteiger partial charge in [-0.1, -0.05) is 6.07 Å². The second kappa shape index (κ2) is 11.3. The van der Waals surface area contributed by atoms with Crippen molar-refractivity contribution in [3.05, 3.63) is 33.1 Å². The lowest BCUT2D eigenvalue weighted by Crippen LogP contribution is -2.10. The molecule has 0 aliphatic heterocycles.